The number of nitrogens with one attached hydrogen (secondary N) is 1. The van der Waals surface area contributed by atoms with E-state index in [1.165, 1.54) is 12.0 Å². The quantitative estimate of drug-likeness (QED) is 0.871. The van der Waals surface area contributed by atoms with Crippen LogP contribution in [-0.2, 0) is 6.54 Å². The Morgan fingerprint density at radius 2 is 1.94 bits per heavy atom. The van der Waals surface area contributed by atoms with Gasteiger partial charge in [0.2, 0.25) is 0 Å². The third kappa shape index (κ3) is 2.84. The van der Waals surface area contributed by atoms with Crippen molar-refractivity contribution in [1.29, 1.82) is 0 Å². The molecule has 0 spiro atoms. The maximum atomic E-state index is 9.32. The normalized spacial score (nSPS) is 18.1. The van der Waals surface area contributed by atoms with E-state index in [2.05, 4.69) is 45.5 Å². The van der Waals surface area contributed by atoms with E-state index in [9.17, 15) is 5.11 Å². The molecule has 0 aromatic heterocycles. The summed E-state index contributed by atoms with van der Waals surface area (Å²) in [5.74, 6) is 0. The number of hydrogen-bond acceptors (Lipinski definition) is 2. The highest BCUT2D eigenvalue weighted by Crippen LogP contribution is 2.39. The standard InChI is InChI=1S/C13H18BrNO/c14-12-4-2-11(3-5-12)8-15-9-13(10-16)6-1-7-13/h2-5,15-16H,1,6-10H2. The summed E-state index contributed by atoms with van der Waals surface area (Å²) in [6.45, 7) is 2.13. The number of aliphatic hydroxyl groups is 1. The van der Waals surface area contributed by atoms with E-state index in [1.54, 1.807) is 0 Å². The molecule has 2 nitrogen and oxygen atoms in total. The Labute approximate surface area is 105 Å². The molecule has 1 aromatic rings. The molecule has 0 saturated heterocycles. The van der Waals surface area contributed by atoms with E-state index in [1.807, 2.05) is 0 Å². The fraction of sp³-hybridized carbons (Fsp3) is 0.538. The molecule has 1 saturated carbocycles. The minimum absolute atomic E-state index is 0.176. The number of rotatable bonds is 5. The van der Waals surface area contributed by atoms with E-state index in [-0.39, 0.29) is 5.41 Å². The molecule has 0 unspecified atom stereocenters. The lowest BCUT2D eigenvalue weighted by Gasteiger charge is -2.40. The average Bonchev–Trinajstić information content (AvgIpc) is 2.25. The molecule has 0 amide bonds. The molecule has 2 N–H and O–H groups in total. The van der Waals surface area contributed by atoms with Gasteiger partial charge in [-0.25, -0.2) is 0 Å². The molecule has 1 aliphatic carbocycles. The minimum Gasteiger partial charge on any atom is -0.396 e. The summed E-state index contributed by atoms with van der Waals surface area (Å²) in [5, 5.41) is 12.8. The minimum atomic E-state index is 0.176. The lowest BCUT2D eigenvalue weighted by atomic mass is 9.69. The summed E-state index contributed by atoms with van der Waals surface area (Å²) in [4.78, 5) is 0. The van der Waals surface area contributed by atoms with Gasteiger partial charge in [-0.1, -0.05) is 34.5 Å². The molecule has 2 rings (SSSR count). The summed E-state index contributed by atoms with van der Waals surface area (Å²) >= 11 is 3.42. The van der Waals surface area contributed by atoms with Crippen molar-refractivity contribution in [3.8, 4) is 0 Å². The van der Waals surface area contributed by atoms with Crippen LogP contribution < -0.4 is 5.32 Å². The molecule has 88 valence electrons. The second kappa shape index (κ2) is 5.30. The molecule has 1 fully saturated rings. The summed E-state index contributed by atoms with van der Waals surface area (Å²) in [5.41, 5.74) is 1.46. The first-order valence-corrected chi connectivity index (χ1v) is 6.59. The number of benzene rings is 1. The van der Waals surface area contributed by atoms with Crippen LogP contribution in [0.4, 0.5) is 0 Å². The highest BCUT2D eigenvalue weighted by molar-refractivity contribution is 9.10. The first-order chi connectivity index (χ1) is 7.74. The molecular formula is C13H18BrNO. The highest BCUT2D eigenvalue weighted by Gasteiger charge is 2.35. The monoisotopic (exact) mass is 283 g/mol. The van der Waals surface area contributed by atoms with Crippen LogP contribution in [0.25, 0.3) is 0 Å². The zero-order chi connectivity index (χ0) is 11.4. The average molecular weight is 284 g/mol. The van der Waals surface area contributed by atoms with Crippen molar-refractivity contribution >= 4 is 15.9 Å². The Kier molecular flexibility index (Phi) is 4.00. The van der Waals surface area contributed by atoms with Crippen LogP contribution in [-0.4, -0.2) is 18.3 Å². The summed E-state index contributed by atoms with van der Waals surface area (Å²) in [6, 6.07) is 8.34. The summed E-state index contributed by atoms with van der Waals surface area (Å²) in [6.07, 6.45) is 3.59. The Morgan fingerprint density at radius 3 is 2.44 bits per heavy atom. The number of halogens is 1. The molecule has 0 atom stereocenters. The molecule has 0 aliphatic heterocycles. The van der Waals surface area contributed by atoms with Crippen molar-refractivity contribution in [3.05, 3.63) is 34.3 Å². The van der Waals surface area contributed by atoms with E-state index in [0.717, 1.165) is 30.4 Å². The van der Waals surface area contributed by atoms with E-state index in [4.69, 9.17) is 0 Å². The smallest absolute Gasteiger partial charge is 0.0499 e. The molecule has 0 radical (unpaired) electrons. The van der Waals surface area contributed by atoms with Crippen LogP contribution >= 0.6 is 15.9 Å². The van der Waals surface area contributed by atoms with Crippen LogP contribution in [0.3, 0.4) is 0 Å². The SMILES string of the molecule is OCC1(CNCc2ccc(Br)cc2)CCC1. The summed E-state index contributed by atoms with van der Waals surface area (Å²) < 4.78 is 1.11. The van der Waals surface area contributed by atoms with Crippen molar-refractivity contribution in [3.63, 3.8) is 0 Å². The van der Waals surface area contributed by atoms with Crippen molar-refractivity contribution in [1.82, 2.24) is 5.32 Å². The fourth-order valence-electron chi connectivity index (χ4n) is 2.14. The van der Waals surface area contributed by atoms with Crippen LogP contribution in [0.5, 0.6) is 0 Å². The van der Waals surface area contributed by atoms with Crippen molar-refractivity contribution < 1.29 is 5.11 Å². The maximum Gasteiger partial charge on any atom is 0.0499 e. The van der Waals surface area contributed by atoms with Gasteiger partial charge in [0, 0.05) is 29.6 Å². The third-order valence-corrected chi connectivity index (χ3v) is 4.02. The lowest BCUT2D eigenvalue weighted by Crippen LogP contribution is -2.42. The lowest BCUT2D eigenvalue weighted by molar-refractivity contribution is 0.0445. The Morgan fingerprint density at radius 1 is 1.25 bits per heavy atom. The molecular weight excluding hydrogens is 266 g/mol. The number of aliphatic hydroxyl groups excluding tert-OH is 1. The second-order valence-corrected chi connectivity index (χ2v) is 5.66. The zero-order valence-electron chi connectivity index (χ0n) is 9.38. The van der Waals surface area contributed by atoms with Crippen LogP contribution in [0.2, 0.25) is 0 Å². The van der Waals surface area contributed by atoms with Gasteiger partial charge >= 0.3 is 0 Å². The van der Waals surface area contributed by atoms with E-state index < -0.39 is 0 Å². The largest absolute Gasteiger partial charge is 0.396 e. The first-order valence-electron chi connectivity index (χ1n) is 5.80. The van der Waals surface area contributed by atoms with Gasteiger partial charge in [0.05, 0.1) is 0 Å². The van der Waals surface area contributed by atoms with Crippen molar-refractivity contribution in [2.24, 2.45) is 5.41 Å². The van der Waals surface area contributed by atoms with Gasteiger partial charge in [-0.2, -0.15) is 0 Å². The van der Waals surface area contributed by atoms with E-state index >= 15 is 0 Å². The topological polar surface area (TPSA) is 32.3 Å². The molecule has 0 bridgehead atoms. The van der Waals surface area contributed by atoms with E-state index in [0.29, 0.717) is 6.61 Å². The van der Waals surface area contributed by atoms with Gasteiger partial charge in [-0.05, 0) is 30.5 Å². The van der Waals surface area contributed by atoms with Gasteiger partial charge in [0.15, 0.2) is 0 Å². The molecule has 16 heavy (non-hydrogen) atoms. The third-order valence-electron chi connectivity index (χ3n) is 3.49. The Bertz CT molecular complexity index is 327. The van der Waals surface area contributed by atoms with Gasteiger partial charge in [0.25, 0.3) is 0 Å². The molecule has 1 aromatic carbocycles. The van der Waals surface area contributed by atoms with Crippen LogP contribution in [0, 0.1) is 5.41 Å². The maximum absolute atomic E-state index is 9.32. The first kappa shape index (κ1) is 12.1. The Balaban J connectivity index is 1.77. The molecule has 1 aliphatic rings. The van der Waals surface area contributed by atoms with Gasteiger partial charge < -0.3 is 10.4 Å². The fourth-order valence-corrected chi connectivity index (χ4v) is 2.41. The Hall–Kier alpha value is -0.380. The van der Waals surface area contributed by atoms with Gasteiger partial charge in [-0.3, -0.25) is 0 Å². The van der Waals surface area contributed by atoms with Crippen molar-refractivity contribution in [2.75, 3.05) is 13.2 Å². The molecule has 3 heteroatoms. The molecule has 0 heterocycles. The highest BCUT2D eigenvalue weighted by atomic mass is 79.9. The predicted molar refractivity (Wildman–Crippen MR) is 69.2 cm³/mol. The van der Waals surface area contributed by atoms with Crippen molar-refractivity contribution in [2.45, 2.75) is 25.8 Å². The summed E-state index contributed by atoms with van der Waals surface area (Å²) in [7, 11) is 0. The zero-order valence-corrected chi connectivity index (χ0v) is 11.0. The second-order valence-electron chi connectivity index (χ2n) is 4.74. The van der Waals surface area contributed by atoms with Gasteiger partial charge in [0.1, 0.15) is 0 Å². The number of hydrogen-bond donors (Lipinski definition) is 2. The van der Waals surface area contributed by atoms with Crippen LogP contribution in [0.1, 0.15) is 24.8 Å². The predicted octanol–water partition coefficient (Wildman–Crippen LogP) is 2.70. The van der Waals surface area contributed by atoms with Crippen LogP contribution in [0.15, 0.2) is 28.7 Å². The van der Waals surface area contributed by atoms with Gasteiger partial charge in [-0.15, -0.1) is 0 Å².